The molecule has 1 fully saturated rings. The number of para-hydroxylation sites is 1. The standard InChI is InChI=1S/C20H22N4O2/c1-13-8-14(2)22-20(21-13)24-11-15-9-23(10-16(15)12-24)19(25)17-6-4-5-7-18(17)26-3/h4-8,11,16H,9-10,12H2,1-3H3. The number of benzene rings is 1. The smallest absolute Gasteiger partial charge is 0.257 e. The zero-order chi connectivity index (χ0) is 18.3. The first-order valence-corrected chi connectivity index (χ1v) is 8.77. The molecule has 3 heterocycles. The molecule has 1 saturated heterocycles. The average Bonchev–Trinajstić information content (AvgIpc) is 3.19. The Morgan fingerprint density at radius 2 is 1.88 bits per heavy atom. The van der Waals surface area contributed by atoms with Gasteiger partial charge in [0.1, 0.15) is 5.75 Å². The number of carbonyl (C=O) groups is 1. The number of fused-ring (bicyclic) bond motifs is 1. The van der Waals surface area contributed by atoms with E-state index in [2.05, 4.69) is 21.1 Å². The number of aryl methyl sites for hydroxylation is 2. The van der Waals surface area contributed by atoms with Gasteiger partial charge in [-0.3, -0.25) is 4.79 Å². The zero-order valence-electron chi connectivity index (χ0n) is 15.3. The van der Waals surface area contributed by atoms with E-state index in [0.29, 0.717) is 30.3 Å². The molecule has 2 aliphatic heterocycles. The van der Waals surface area contributed by atoms with E-state index in [4.69, 9.17) is 4.74 Å². The highest BCUT2D eigenvalue weighted by Crippen LogP contribution is 2.33. The van der Waals surface area contributed by atoms with Crippen LogP contribution in [0.5, 0.6) is 5.75 Å². The highest BCUT2D eigenvalue weighted by Gasteiger charge is 2.37. The van der Waals surface area contributed by atoms with E-state index in [1.165, 1.54) is 5.57 Å². The van der Waals surface area contributed by atoms with E-state index in [1.54, 1.807) is 7.11 Å². The number of amides is 1. The van der Waals surface area contributed by atoms with Gasteiger partial charge in [-0.25, -0.2) is 9.97 Å². The van der Waals surface area contributed by atoms with E-state index in [1.807, 2.05) is 49.1 Å². The third kappa shape index (κ3) is 2.92. The normalized spacial score (nSPS) is 18.7. The summed E-state index contributed by atoms with van der Waals surface area (Å²) in [6, 6.07) is 9.35. The molecule has 1 unspecified atom stereocenters. The summed E-state index contributed by atoms with van der Waals surface area (Å²) in [7, 11) is 1.59. The van der Waals surface area contributed by atoms with Crippen molar-refractivity contribution >= 4 is 11.9 Å². The number of likely N-dealkylation sites (tertiary alicyclic amines) is 1. The van der Waals surface area contributed by atoms with Crippen LogP contribution in [0.2, 0.25) is 0 Å². The lowest BCUT2D eigenvalue weighted by Crippen LogP contribution is -2.31. The monoisotopic (exact) mass is 350 g/mol. The first kappa shape index (κ1) is 16.6. The van der Waals surface area contributed by atoms with E-state index in [-0.39, 0.29) is 5.91 Å². The fourth-order valence-electron chi connectivity index (χ4n) is 3.73. The lowest BCUT2D eigenvalue weighted by atomic mass is 10.1. The van der Waals surface area contributed by atoms with Gasteiger partial charge in [-0.1, -0.05) is 12.1 Å². The van der Waals surface area contributed by atoms with Crippen LogP contribution in [-0.4, -0.2) is 47.5 Å². The third-order valence-electron chi connectivity index (χ3n) is 4.93. The molecule has 1 amide bonds. The summed E-state index contributed by atoms with van der Waals surface area (Å²) in [4.78, 5) is 26.0. The van der Waals surface area contributed by atoms with Gasteiger partial charge in [0.15, 0.2) is 0 Å². The van der Waals surface area contributed by atoms with Crippen molar-refractivity contribution < 1.29 is 9.53 Å². The van der Waals surface area contributed by atoms with Crippen LogP contribution in [0.3, 0.4) is 0 Å². The SMILES string of the molecule is COc1ccccc1C(=O)N1CC2=CN(c3nc(C)cc(C)n3)CC2C1. The van der Waals surface area contributed by atoms with E-state index >= 15 is 0 Å². The number of aromatic nitrogens is 2. The van der Waals surface area contributed by atoms with Crippen molar-refractivity contribution in [3.8, 4) is 5.75 Å². The maximum Gasteiger partial charge on any atom is 0.257 e. The molecule has 4 rings (SSSR count). The summed E-state index contributed by atoms with van der Waals surface area (Å²) in [6.07, 6.45) is 2.11. The molecule has 0 bridgehead atoms. The van der Waals surface area contributed by atoms with Crippen LogP contribution in [0.15, 0.2) is 42.1 Å². The number of ether oxygens (including phenoxy) is 1. The lowest BCUT2D eigenvalue weighted by Gasteiger charge is -2.21. The van der Waals surface area contributed by atoms with Crippen molar-refractivity contribution in [3.63, 3.8) is 0 Å². The van der Waals surface area contributed by atoms with Gasteiger partial charge in [0, 0.05) is 43.1 Å². The predicted octanol–water partition coefficient (Wildman–Crippen LogP) is 2.58. The minimum Gasteiger partial charge on any atom is -0.496 e. The molecule has 1 aromatic carbocycles. The first-order chi connectivity index (χ1) is 12.5. The largest absolute Gasteiger partial charge is 0.496 e. The number of methoxy groups -OCH3 is 1. The fraction of sp³-hybridized carbons (Fsp3) is 0.350. The molecule has 6 nitrogen and oxygen atoms in total. The second kappa shape index (κ2) is 6.44. The maximum absolute atomic E-state index is 12.9. The Bertz CT molecular complexity index is 873. The van der Waals surface area contributed by atoms with Crippen molar-refractivity contribution in [3.05, 3.63) is 59.1 Å². The second-order valence-corrected chi connectivity index (χ2v) is 6.89. The number of hydrogen-bond donors (Lipinski definition) is 0. The molecule has 2 aliphatic rings. The molecule has 0 saturated carbocycles. The average molecular weight is 350 g/mol. The molecular weight excluding hydrogens is 328 g/mol. The Kier molecular flexibility index (Phi) is 4.11. The number of hydrogen-bond acceptors (Lipinski definition) is 5. The first-order valence-electron chi connectivity index (χ1n) is 8.77. The Hall–Kier alpha value is -2.89. The quantitative estimate of drug-likeness (QED) is 0.852. The molecule has 0 spiro atoms. The second-order valence-electron chi connectivity index (χ2n) is 6.89. The van der Waals surface area contributed by atoms with Crippen LogP contribution < -0.4 is 9.64 Å². The third-order valence-corrected chi connectivity index (χ3v) is 4.93. The van der Waals surface area contributed by atoms with Crippen LogP contribution in [0.1, 0.15) is 21.7 Å². The van der Waals surface area contributed by atoms with Crippen LogP contribution in [0.25, 0.3) is 0 Å². The molecule has 0 N–H and O–H groups in total. The summed E-state index contributed by atoms with van der Waals surface area (Å²) in [6.45, 7) is 6.13. The summed E-state index contributed by atoms with van der Waals surface area (Å²) < 4.78 is 5.33. The van der Waals surface area contributed by atoms with Gasteiger partial charge in [-0.15, -0.1) is 0 Å². The predicted molar refractivity (Wildman–Crippen MR) is 99.3 cm³/mol. The van der Waals surface area contributed by atoms with Crippen molar-refractivity contribution in [2.24, 2.45) is 5.92 Å². The van der Waals surface area contributed by atoms with Gasteiger partial charge in [-0.05, 0) is 37.6 Å². The van der Waals surface area contributed by atoms with Crippen LogP contribution >= 0.6 is 0 Å². The van der Waals surface area contributed by atoms with Gasteiger partial charge in [0.25, 0.3) is 5.91 Å². The van der Waals surface area contributed by atoms with Crippen molar-refractivity contribution in [1.82, 2.24) is 14.9 Å². The minimum atomic E-state index is 0.0203. The van der Waals surface area contributed by atoms with Gasteiger partial charge < -0.3 is 14.5 Å². The highest BCUT2D eigenvalue weighted by molar-refractivity contribution is 5.97. The lowest BCUT2D eigenvalue weighted by molar-refractivity contribution is 0.0785. The van der Waals surface area contributed by atoms with Gasteiger partial charge >= 0.3 is 0 Å². The number of carbonyl (C=O) groups excluding carboxylic acids is 1. The van der Waals surface area contributed by atoms with Gasteiger partial charge in [-0.2, -0.15) is 0 Å². The Labute approximate surface area is 153 Å². The van der Waals surface area contributed by atoms with Crippen LogP contribution in [0.4, 0.5) is 5.95 Å². The summed E-state index contributed by atoms with van der Waals surface area (Å²) in [5.74, 6) is 1.71. The summed E-state index contributed by atoms with van der Waals surface area (Å²) in [5, 5.41) is 0. The minimum absolute atomic E-state index is 0.0203. The topological polar surface area (TPSA) is 58.6 Å². The van der Waals surface area contributed by atoms with Crippen molar-refractivity contribution in [2.75, 3.05) is 31.6 Å². The molecule has 1 atom stereocenters. The Balaban J connectivity index is 1.52. The fourth-order valence-corrected chi connectivity index (χ4v) is 3.73. The molecule has 2 aromatic rings. The Morgan fingerprint density at radius 3 is 2.58 bits per heavy atom. The number of anilines is 1. The van der Waals surface area contributed by atoms with E-state index in [0.717, 1.165) is 23.9 Å². The Morgan fingerprint density at radius 1 is 1.15 bits per heavy atom. The van der Waals surface area contributed by atoms with Gasteiger partial charge in [0.2, 0.25) is 5.95 Å². The molecule has 26 heavy (non-hydrogen) atoms. The number of rotatable bonds is 3. The van der Waals surface area contributed by atoms with Crippen LogP contribution in [0, 0.1) is 19.8 Å². The molecule has 134 valence electrons. The van der Waals surface area contributed by atoms with Crippen LogP contribution in [-0.2, 0) is 0 Å². The maximum atomic E-state index is 12.9. The van der Waals surface area contributed by atoms with Crippen molar-refractivity contribution in [2.45, 2.75) is 13.8 Å². The summed E-state index contributed by atoms with van der Waals surface area (Å²) >= 11 is 0. The zero-order valence-corrected chi connectivity index (χ0v) is 15.3. The van der Waals surface area contributed by atoms with Gasteiger partial charge in [0.05, 0.1) is 12.7 Å². The highest BCUT2D eigenvalue weighted by atomic mass is 16.5. The van der Waals surface area contributed by atoms with Crippen molar-refractivity contribution in [1.29, 1.82) is 0 Å². The summed E-state index contributed by atoms with van der Waals surface area (Å²) in [5.41, 5.74) is 3.81. The molecule has 6 heteroatoms. The van der Waals surface area contributed by atoms with E-state index < -0.39 is 0 Å². The molecule has 1 aromatic heterocycles. The number of nitrogens with zero attached hydrogens (tertiary/aromatic N) is 4. The van der Waals surface area contributed by atoms with E-state index in [9.17, 15) is 4.79 Å². The molecule has 0 radical (unpaired) electrons. The molecule has 0 aliphatic carbocycles. The molecular formula is C20H22N4O2.